The van der Waals surface area contributed by atoms with Crippen molar-refractivity contribution in [2.24, 2.45) is 5.92 Å². The molecule has 2 nitrogen and oxygen atoms in total. The van der Waals surface area contributed by atoms with Crippen LogP contribution in [0.15, 0.2) is 53.1 Å². The quantitative estimate of drug-likeness (QED) is 0.740. The Labute approximate surface area is 128 Å². The zero-order valence-electron chi connectivity index (χ0n) is 13.4. The molecule has 0 saturated heterocycles. The zero-order chi connectivity index (χ0) is 15.1. The van der Waals surface area contributed by atoms with Gasteiger partial charge < -0.3 is 9.73 Å². The van der Waals surface area contributed by atoms with Gasteiger partial charge in [-0.2, -0.15) is 0 Å². The Hall–Kier alpha value is -1.54. The molecule has 1 aromatic heterocycles. The van der Waals surface area contributed by atoms with Gasteiger partial charge in [0.25, 0.3) is 0 Å². The van der Waals surface area contributed by atoms with E-state index in [1.54, 1.807) is 6.26 Å². The maximum absolute atomic E-state index is 5.41. The summed E-state index contributed by atoms with van der Waals surface area (Å²) < 4.78 is 5.41. The summed E-state index contributed by atoms with van der Waals surface area (Å²) in [5.41, 5.74) is 1.39. The van der Waals surface area contributed by atoms with Crippen LogP contribution in [-0.2, 0) is 6.42 Å². The number of aryl methyl sites for hydroxylation is 1. The molecule has 21 heavy (non-hydrogen) atoms. The molecule has 0 aliphatic rings. The molecule has 2 rings (SSSR count). The van der Waals surface area contributed by atoms with E-state index in [0.717, 1.165) is 25.0 Å². The lowest BCUT2D eigenvalue weighted by molar-refractivity contribution is 0.372. The maximum atomic E-state index is 5.41. The molecule has 1 heterocycles. The van der Waals surface area contributed by atoms with Gasteiger partial charge in [-0.1, -0.05) is 44.2 Å². The van der Waals surface area contributed by atoms with Gasteiger partial charge in [-0.15, -0.1) is 0 Å². The number of nitrogens with one attached hydrogen (secondary N) is 1. The van der Waals surface area contributed by atoms with Gasteiger partial charge in [-0.05, 0) is 43.4 Å². The van der Waals surface area contributed by atoms with Gasteiger partial charge >= 0.3 is 0 Å². The molecule has 0 amide bonds. The summed E-state index contributed by atoms with van der Waals surface area (Å²) >= 11 is 0. The highest BCUT2D eigenvalue weighted by Crippen LogP contribution is 2.22. The average molecular weight is 285 g/mol. The second kappa shape index (κ2) is 8.04. The smallest absolute Gasteiger partial charge is 0.103 e. The van der Waals surface area contributed by atoms with Crippen LogP contribution in [0.1, 0.15) is 51.0 Å². The third-order valence-electron chi connectivity index (χ3n) is 3.80. The first-order valence-electron chi connectivity index (χ1n) is 7.98. The number of hydrogen-bond donors (Lipinski definition) is 1. The second-order valence-corrected chi connectivity index (χ2v) is 6.28. The van der Waals surface area contributed by atoms with Gasteiger partial charge in [0.2, 0.25) is 0 Å². The van der Waals surface area contributed by atoms with Gasteiger partial charge in [0.05, 0.1) is 6.26 Å². The van der Waals surface area contributed by atoms with E-state index < -0.39 is 0 Å². The summed E-state index contributed by atoms with van der Waals surface area (Å²) in [5, 5.41) is 3.79. The molecule has 0 spiro atoms. The van der Waals surface area contributed by atoms with Crippen LogP contribution in [0.25, 0.3) is 0 Å². The Morgan fingerprint density at radius 1 is 1.00 bits per heavy atom. The molecule has 0 radical (unpaired) electrons. The van der Waals surface area contributed by atoms with Gasteiger partial charge in [-0.3, -0.25) is 0 Å². The molecule has 2 aromatic rings. The van der Waals surface area contributed by atoms with Crippen LogP contribution in [0, 0.1) is 5.92 Å². The minimum absolute atomic E-state index is 0.429. The van der Waals surface area contributed by atoms with Crippen molar-refractivity contribution >= 4 is 0 Å². The Morgan fingerprint density at radius 2 is 1.76 bits per heavy atom. The monoisotopic (exact) mass is 285 g/mol. The average Bonchev–Trinajstić information content (AvgIpc) is 2.98. The molecular weight excluding hydrogens is 258 g/mol. The van der Waals surface area contributed by atoms with Crippen molar-refractivity contribution in [3.8, 4) is 0 Å². The molecule has 0 fully saturated rings. The lowest BCUT2D eigenvalue weighted by Crippen LogP contribution is -2.31. The van der Waals surface area contributed by atoms with Crippen molar-refractivity contribution in [3.63, 3.8) is 0 Å². The minimum atomic E-state index is 0.429. The van der Waals surface area contributed by atoms with Crippen LogP contribution in [0.4, 0.5) is 0 Å². The Bertz CT molecular complexity index is 490. The Morgan fingerprint density at radius 3 is 2.38 bits per heavy atom. The molecule has 1 N–H and O–H groups in total. The first-order chi connectivity index (χ1) is 10.1. The number of rotatable bonds is 8. The summed E-state index contributed by atoms with van der Waals surface area (Å²) in [6.45, 7) is 6.83. The standard InChI is InChI=1S/C19H27NO/c1-15(2)14-19(17-8-5-4-6-9-17)20-16(3)11-12-18-10-7-13-21-18/h4-10,13,15-16,19-20H,11-12,14H2,1-3H3. The summed E-state index contributed by atoms with van der Waals surface area (Å²) in [4.78, 5) is 0. The Kier molecular flexibility index (Phi) is 6.06. The highest BCUT2D eigenvalue weighted by atomic mass is 16.3. The molecule has 0 aliphatic heterocycles. The molecule has 0 bridgehead atoms. The maximum Gasteiger partial charge on any atom is 0.103 e. The zero-order valence-corrected chi connectivity index (χ0v) is 13.4. The molecule has 0 aliphatic carbocycles. The third-order valence-corrected chi connectivity index (χ3v) is 3.80. The Balaban J connectivity index is 1.91. The van der Waals surface area contributed by atoms with E-state index in [2.05, 4.69) is 62.5 Å². The topological polar surface area (TPSA) is 25.2 Å². The van der Waals surface area contributed by atoms with Crippen molar-refractivity contribution in [2.75, 3.05) is 0 Å². The molecule has 2 unspecified atom stereocenters. The summed E-state index contributed by atoms with van der Waals surface area (Å²) in [5.74, 6) is 1.75. The number of hydrogen-bond acceptors (Lipinski definition) is 2. The van der Waals surface area contributed by atoms with Crippen LogP contribution in [0.2, 0.25) is 0 Å². The van der Waals surface area contributed by atoms with Crippen LogP contribution in [0.3, 0.4) is 0 Å². The van der Waals surface area contributed by atoms with Crippen molar-refractivity contribution in [2.45, 2.75) is 52.1 Å². The predicted molar refractivity (Wildman–Crippen MR) is 88.3 cm³/mol. The van der Waals surface area contributed by atoms with Crippen molar-refractivity contribution < 1.29 is 4.42 Å². The first-order valence-corrected chi connectivity index (χ1v) is 7.98. The van der Waals surface area contributed by atoms with E-state index in [1.807, 2.05) is 6.07 Å². The highest BCUT2D eigenvalue weighted by Gasteiger charge is 2.15. The van der Waals surface area contributed by atoms with Gasteiger partial charge in [0, 0.05) is 18.5 Å². The third kappa shape index (κ3) is 5.39. The molecule has 114 valence electrons. The van der Waals surface area contributed by atoms with E-state index in [4.69, 9.17) is 4.42 Å². The molecule has 2 heteroatoms. The fourth-order valence-electron chi connectivity index (χ4n) is 2.70. The van der Waals surface area contributed by atoms with Crippen LogP contribution in [-0.4, -0.2) is 6.04 Å². The van der Waals surface area contributed by atoms with E-state index >= 15 is 0 Å². The summed E-state index contributed by atoms with van der Waals surface area (Å²) in [6.07, 6.45) is 4.99. The van der Waals surface area contributed by atoms with Gasteiger partial charge in [-0.25, -0.2) is 0 Å². The molecule has 0 saturated carbocycles. The van der Waals surface area contributed by atoms with Crippen molar-refractivity contribution in [1.82, 2.24) is 5.32 Å². The van der Waals surface area contributed by atoms with Gasteiger partial charge in [0.15, 0.2) is 0 Å². The van der Waals surface area contributed by atoms with E-state index in [-0.39, 0.29) is 0 Å². The number of benzene rings is 1. The molecular formula is C19H27NO. The minimum Gasteiger partial charge on any atom is -0.469 e. The highest BCUT2D eigenvalue weighted by molar-refractivity contribution is 5.19. The fraction of sp³-hybridized carbons (Fsp3) is 0.474. The van der Waals surface area contributed by atoms with Crippen LogP contribution >= 0.6 is 0 Å². The first kappa shape index (κ1) is 15.8. The molecule has 1 aromatic carbocycles. The van der Waals surface area contributed by atoms with Crippen molar-refractivity contribution in [1.29, 1.82) is 0 Å². The normalized spacial score (nSPS) is 14.3. The number of furan rings is 1. The lowest BCUT2D eigenvalue weighted by Gasteiger charge is -2.25. The predicted octanol–water partition coefficient (Wildman–Crippen LogP) is 4.98. The second-order valence-electron chi connectivity index (χ2n) is 6.28. The molecule has 2 atom stereocenters. The lowest BCUT2D eigenvalue weighted by atomic mass is 9.96. The van der Waals surface area contributed by atoms with E-state index in [0.29, 0.717) is 18.0 Å². The SMILES string of the molecule is CC(C)CC(NC(C)CCc1ccco1)c1ccccc1. The van der Waals surface area contributed by atoms with Crippen LogP contribution < -0.4 is 5.32 Å². The van der Waals surface area contributed by atoms with E-state index in [9.17, 15) is 0 Å². The fourth-order valence-corrected chi connectivity index (χ4v) is 2.70. The van der Waals surface area contributed by atoms with E-state index in [1.165, 1.54) is 5.56 Å². The van der Waals surface area contributed by atoms with Gasteiger partial charge in [0.1, 0.15) is 5.76 Å². The summed E-state index contributed by atoms with van der Waals surface area (Å²) in [7, 11) is 0. The van der Waals surface area contributed by atoms with Crippen molar-refractivity contribution in [3.05, 3.63) is 60.1 Å². The largest absolute Gasteiger partial charge is 0.469 e. The van der Waals surface area contributed by atoms with Crippen LogP contribution in [0.5, 0.6) is 0 Å². The summed E-state index contributed by atoms with van der Waals surface area (Å²) in [6, 6.07) is 15.7.